The molecule has 0 spiro atoms. The number of amides is 1. The van der Waals surface area contributed by atoms with Gasteiger partial charge in [-0.05, 0) is 42.9 Å². The Morgan fingerprint density at radius 2 is 2.11 bits per heavy atom. The molecule has 0 radical (unpaired) electrons. The van der Waals surface area contributed by atoms with Crippen LogP contribution in [0.1, 0.15) is 30.0 Å². The van der Waals surface area contributed by atoms with Gasteiger partial charge in [0.25, 0.3) is 0 Å². The lowest BCUT2D eigenvalue weighted by Gasteiger charge is -2.23. The first-order chi connectivity index (χ1) is 8.61. The van der Waals surface area contributed by atoms with E-state index in [4.69, 9.17) is 5.11 Å². The van der Waals surface area contributed by atoms with Crippen molar-refractivity contribution in [3.8, 4) is 0 Å². The lowest BCUT2D eigenvalue weighted by atomic mass is 10.0. The Labute approximate surface area is 108 Å². The van der Waals surface area contributed by atoms with E-state index in [1.165, 1.54) is 24.0 Å². The van der Waals surface area contributed by atoms with Crippen molar-refractivity contribution in [1.29, 1.82) is 0 Å². The molecule has 1 aliphatic rings. The summed E-state index contributed by atoms with van der Waals surface area (Å²) in [7, 11) is 1.75. The maximum absolute atomic E-state index is 12.0. The van der Waals surface area contributed by atoms with Gasteiger partial charge in [0, 0.05) is 7.05 Å². The fourth-order valence-electron chi connectivity index (χ4n) is 2.40. The number of aryl methyl sites for hydroxylation is 2. The highest BCUT2D eigenvalue weighted by molar-refractivity contribution is 5.78. The van der Waals surface area contributed by atoms with Crippen molar-refractivity contribution in [1.82, 2.24) is 4.90 Å². The molecule has 1 aromatic rings. The first-order valence-corrected chi connectivity index (χ1v) is 6.59. The van der Waals surface area contributed by atoms with E-state index in [0.717, 1.165) is 12.0 Å². The van der Waals surface area contributed by atoms with Gasteiger partial charge in [-0.15, -0.1) is 0 Å². The highest BCUT2D eigenvalue weighted by atomic mass is 16.3. The minimum atomic E-state index is -0.119. The number of rotatable bonds is 4. The Hall–Kier alpha value is -1.35. The van der Waals surface area contributed by atoms with Gasteiger partial charge in [0.15, 0.2) is 0 Å². The van der Waals surface area contributed by atoms with Crippen LogP contribution in [0, 0.1) is 0 Å². The van der Waals surface area contributed by atoms with Crippen molar-refractivity contribution in [2.75, 3.05) is 13.7 Å². The fraction of sp³-hybridized carbons (Fsp3) is 0.533. The molecule has 0 aromatic heterocycles. The van der Waals surface area contributed by atoms with Crippen LogP contribution in [0.4, 0.5) is 0 Å². The number of benzene rings is 1. The van der Waals surface area contributed by atoms with Gasteiger partial charge >= 0.3 is 0 Å². The van der Waals surface area contributed by atoms with Crippen molar-refractivity contribution in [2.45, 2.75) is 38.6 Å². The van der Waals surface area contributed by atoms with Gasteiger partial charge in [0.2, 0.25) is 5.91 Å². The minimum Gasteiger partial charge on any atom is -0.394 e. The van der Waals surface area contributed by atoms with Crippen molar-refractivity contribution in [3.05, 3.63) is 34.9 Å². The molecule has 3 nitrogen and oxygen atoms in total. The number of likely N-dealkylation sites (N-methyl/N-ethyl adjacent to an activating group) is 1. The molecular formula is C15H21NO2. The summed E-state index contributed by atoms with van der Waals surface area (Å²) in [6.07, 6.45) is 3.97. The third kappa shape index (κ3) is 2.72. The van der Waals surface area contributed by atoms with E-state index in [0.29, 0.717) is 6.42 Å². The van der Waals surface area contributed by atoms with E-state index in [-0.39, 0.29) is 18.6 Å². The number of hydrogen-bond acceptors (Lipinski definition) is 2. The second-order valence-corrected chi connectivity index (χ2v) is 5.17. The van der Waals surface area contributed by atoms with Crippen LogP contribution in [0.5, 0.6) is 0 Å². The minimum absolute atomic E-state index is 0.00638. The number of nitrogens with zero attached hydrogens (tertiary/aromatic N) is 1. The fourth-order valence-corrected chi connectivity index (χ4v) is 2.40. The molecule has 1 unspecified atom stereocenters. The van der Waals surface area contributed by atoms with E-state index >= 15 is 0 Å². The number of carbonyl (C=O) groups is 1. The quantitative estimate of drug-likeness (QED) is 0.877. The molecule has 0 saturated heterocycles. The van der Waals surface area contributed by atoms with E-state index in [9.17, 15) is 4.79 Å². The number of aliphatic hydroxyl groups excluding tert-OH is 1. The molecule has 1 aliphatic carbocycles. The summed E-state index contributed by atoms with van der Waals surface area (Å²) in [5.41, 5.74) is 3.92. The van der Waals surface area contributed by atoms with Gasteiger partial charge in [0.1, 0.15) is 0 Å². The summed E-state index contributed by atoms with van der Waals surface area (Å²) in [4.78, 5) is 13.6. The standard InChI is InChI=1S/C15H21NO2/c1-11(10-17)16(2)15(18)9-12-6-7-13-4-3-5-14(13)8-12/h6-8,11,17H,3-5,9-10H2,1-2H3. The molecule has 0 aliphatic heterocycles. The number of hydrogen-bond donors (Lipinski definition) is 1. The van der Waals surface area contributed by atoms with Gasteiger partial charge in [-0.25, -0.2) is 0 Å². The van der Waals surface area contributed by atoms with Crippen LogP contribution in [0.15, 0.2) is 18.2 Å². The third-order valence-electron chi connectivity index (χ3n) is 3.84. The summed E-state index contributed by atoms with van der Waals surface area (Å²) in [6.45, 7) is 1.85. The topological polar surface area (TPSA) is 40.5 Å². The Bertz CT molecular complexity index is 442. The molecule has 0 saturated carbocycles. The van der Waals surface area contributed by atoms with Gasteiger partial charge in [-0.3, -0.25) is 4.79 Å². The first-order valence-electron chi connectivity index (χ1n) is 6.59. The molecule has 1 N–H and O–H groups in total. The van der Waals surface area contributed by atoms with E-state index < -0.39 is 0 Å². The van der Waals surface area contributed by atoms with E-state index in [2.05, 4.69) is 18.2 Å². The van der Waals surface area contributed by atoms with Gasteiger partial charge in [0.05, 0.1) is 19.1 Å². The van der Waals surface area contributed by atoms with Crippen LogP contribution in [0.2, 0.25) is 0 Å². The zero-order chi connectivity index (χ0) is 13.1. The van der Waals surface area contributed by atoms with Crippen LogP contribution < -0.4 is 0 Å². The zero-order valence-corrected chi connectivity index (χ0v) is 11.1. The molecule has 0 bridgehead atoms. The SMILES string of the molecule is CC(CO)N(C)C(=O)Cc1ccc2c(c1)CCC2. The predicted octanol–water partition coefficient (Wildman–Crippen LogP) is 1.56. The summed E-state index contributed by atoms with van der Waals surface area (Å²) < 4.78 is 0. The molecular weight excluding hydrogens is 226 g/mol. The van der Waals surface area contributed by atoms with Crippen LogP contribution >= 0.6 is 0 Å². The molecule has 3 heteroatoms. The predicted molar refractivity (Wildman–Crippen MR) is 71.5 cm³/mol. The second-order valence-electron chi connectivity index (χ2n) is 5.17. The summed E-state index contributed by atoms with van der Waals surface area (Å²) in [5.74, 6) is 0.0643. The van der Waals surface area contributed by atoms with E-state index in [1.807, 2.05) is 6.92 Å². The van der Waals surface area contributed by atoms with Crippen molar-refractivity contribution in [2.24, 2.45) is 0 Å². The number of fused-ring (bicyclic) bond motifs is 1. The zero-order valence-electron chi connectivity index (χ0n) is 11.1. The lowest BCUT2D eigenvalue weighted by molar-refractivity contribution is -0.131. The number of carbonyl (C=O) groups excluding carboxylic acids is 1. The first kappa shape index (κ1) is 13.1. The summed E-state index contributed by atoms with van der Waals surface area (Å²) >= 11 is 0. The van der Waals surface area contributed by atoms with Crippen LogP contribution in [-0.2, 0) is 24.1 Å². The van der Waals surface area contributed by atoms with Crippen LogP contribution in [-0.4, -0.2) is 35.6 Å². The molecule has 0 heterocycles. The molecule has 1 amide bonds. The monoisotopic (exact) mass is 247 g/mol. The maximum atomic E-state index is 12.0. The maximum Gasteiger partial charge on any atom is 0.227 e. The third-order valence-corrected chi connectivity index (χ3v) is 3.84. The largest absolute Gasteiger partial charge is 0.394 e. The highest BCUT2D eigenvalue weighted by Crippen LogP contribution is 2.23. The Kier molecular flexibility index (Phi) is 4.02. The lowest BCUT2D eigenvalue weighted by Crippen LogP contribution is -2.38. The molecule has 2 rings (SSSR count). The van der Waals surface area contributed by atoms with Gasteiger partial charge < -0.3 is 10.0 Å². The van der Waals surface area contributed by atoms with Gasteiger partial charge in [-0.1, -0.05) is 18.2 Å². The molecule has 18 heavy (non-hydrogen) atoms. The van der Waals surface area contributed by atoms with Crippen molar-refractivity contribution in [3.63, 3.8) is 0 Å². The molecule has 1 atom stereocenters. The molecule has 98 valence electrons. The summed E-state index contributed by atoms with van der Waals surface area (Å²) in [5, 5.41) is 9.05. The van der Waals surface area contributed by atoms with Gasteiger partial charge in [-0.2, -0.15) is 0 Å². The average molecular weight is 247 g/mol. The van der Waals surface area contributed by atoms with Crippen molar-refractivity contribution < 1.29 is 9.90 Å². The Balaban J connectivity index is 2.03. The summed E-state index contributed by atoms with van der Waals surface area (Å²) in [6, 6.07) is 6.25. The van der Waals surface area contributed by atoms with E-state index in [1.54, 1.807) is 11.9 Å². The molecule has 0 fully saturated rings. The number of aliphatic hydroxyl groups is 1. The molecule has 1 aromatic carbocycles. The Morgan fingerprint density at radius 3 is 2.83 bits per heavy atom. The average Bonchev–Trinajstić information content (AvgIpc) is 2.84. The van der Waals surface area contributed by atoms with Crippen molar-refractivity contribution >= 4 is 5.91 Å². The second kappa shape index (κ2) is 5.53. The normalized spacial score (nSPS) is 15.3. The van der Waals surface area contributed by atoms with Crippen LogP contribution in [0.3, 0.4) is 0 Å². The smallest absolute Gasteiger partial charge is 0.227 e. The Morgan fingerprint density at radius 1 is 1.39 bits per heavy atom. The highest BCUT2D eigenvalue weighted by Gasteiger charge is 2.16. The van der Waals surface area contributed by atoms with Crippen LogP contribution in [0.25, 0.3) is 0 Å².